The molecular weight excluding hydrogens is 415 g/mol. The van der Waals surface area contributed by atoms with Gasteiger partial charge in [-0.15, -0.1) is 0 Å². The van der Waals surface area contributed by atoms with E-state index in [2.05, 4.69) is 13.2 Å². The van der Waals surface area contributed by atoms with Gasteiger partial charge in [-0.05, 0) is 42.8 Å². The van der Waals surface area contributed by atoms with Crippen molar-refractivity contribution in [2.45, 2.75) is 18.0 Å². The number of anilines is 1. The van der Waals surface area contributed by atoms with E-state index in [9.17, 15) is 21.6 Å². The molecule has 0 saturated carbocycles. The summed E-state index contributed by atoms with van der Waals surface area (Å²) in [5, 5.41) is 0. The van der Waals surface area contributed by atoms with E-state index < -0.39 is 26.7 Å². The molecular formula is C22H22F3NO3S. The van der Waals surface area contributed by atoms with Crippen molar-refractivity contribution < 1.29 is 26.3 Å². The first-order valence-corrected chi connectivity index (χ1v) is 10.4. The molecule has 0 N–H and O–H groups in total. The zero-order chi connectivity index (χ0) is 22.4. The molecule has 160 valence electrons. The van der Waals surface area contributed by atoms with Crippen LogP contribution in [-0.2, 0) is 16.2 Å². The fourth-order valence-corrected chi connectivity index (χ4v) is 4.18. The van der Waals surface area contributed by atoms with Crippen molar-refractivity contribution in [2.24, 2.45) is 0 Å². The third kappa shape index (κ3) is 5.54. The maximum absolute atomic E-state index is 13.0. The number of nitrogens with zero attached hydrogens (tertiary/aromatic N) is 1. The van der Waals surface area contributed by atoms with Crippen LogP contribution in [-0.4, -0.2) is 21.6 Å². The molecule has 0 amide bonds. The fraction of sp³-hybridized carbons (Fsp3) is 0.182. The van der Waals surface area contributed by atoms with Crippen molar-refractivity contribution in [2.75, 3.05) is 17.5 Å². The van der Waals surface area contributed by atoms with Crippen LogP contribution in [0.1, 0.15) is 12.5 Å². The Morgan fingerprint density at radius 3 is 2.43 bits per heavy atom. The van der Waals surface area contributed by atoms with Gasteiger partial charge in [0, 0.05) is 12.6 Å². The molecule has 0 unspecified atom stereocenters. The minimum Gasteiger partial charge on any atom is -0.489 e. The predicted octanol–water partition coefficient (Wildman–Crippen LogP) is 5.60. The van der Waals surface area contributed by atoms with E-state index in [0.717, 1.165) is 28.1 Å². The van der Waals surface area contributed by atoms with Gasteiger partial charge in [0.25, 0.3) is 10.0 Å². The van der Waals surface area contributed by atoms with E-state index >= 15 is 0 Å². The van der Waals surface area contributed by atoms with Gasteiger partial charge in [-0.1, -0.05) is 43.5 Å². The highest BCUT2D eigenvalue weighted by Crippen LogP contribution is 2.32. The van der Waals surface area contributed by atoms with Crippen molar-refractivity contribution in [1.29, 1.82) is 0 Å². The van der Waals surface area contributed by atoms with E-state index in [0.29, 0.717) is 11.8 Å². The van der Waals surface area contributed by atoms with E-state index in [-0.39, 0.29) is 18.8 Å². The van der Waals surface area contributed by atoms with Crippen LogP contribution in [0.2, 0.25) is 0 Å². The molecule has 0 aliphatic heterocycles. The topological polar surface area (TPSA) is 46.6 Å². The van der Waals surface area contributed by atoms with Crippen molar-refractivity contribution >= 4 is 15.7 Å². The Morgan fingerprint density at radius 1 is 1.13 bits per heavy atom. The van der Waals surface area contributed by atoms with Gasteiger partial charge in [-0.25, -0.2) is 8.42 Å². The summed E-state index contributed by atoms with van der Waals surface area (Å²) < 4.78 is 71.8. The highest BCUT2D eigenvalue weighted by molar-refractivity contribution is 7.92. The SMILES string of the molecule is C=CC=C(C=C)COc1cccc(N(CC)S(=O)(=O)c2cccc(C(F)(F)F)c2)c1. The number of hydrogen-bond donors (Lipinski definition) is 0. The normalized spacial score (nSPS) is 12.3. The average Bonchev–Trinajstić information content (AvgIpc) is 2.71. The third-order valence-electron chi connectivity index (χ3n) is 4.14. The predicted molar refractivity (Wildman–Crippen MR) is 112 cm³/mol. The Bertz CT molecular complexity index is 1040. The Kier molecular flexibility index (Phi) is 7.50. The van der Waals surface area contributed by atoms with Gasteiger partial charge in [0.2, 0.25) is 0 Å². The lowest BCUT2D eigenvalue weighted by Gasteiger charge is -2.24. The lowest BCUT2D eigenvalue weighted by atomic mass is 10.2. The smallest absolute Gasteiger partial charge is 0.416 e. The van der Waals surface area contributed by atoms with Gasteiger partial charge in [-0.3, -0.25) is 4.31 Å². The van der Waals surface area contributed by atoms with Crippen LogP contribution >= 0.6 is 0 Å². The molecule has 2 aromatic rings. The number of hydrogen-bond acceptors (Lipinski definition) is 3. The Hall–Kier alpha value is -3.00. The number of ether oxygens (including phenoxy) is 1. The second kappa shape index (κ2) is 9.67. The molecule has 0 bridgehead atoms. The van der Waals surface area contributed by atoms with E-state index in [1.54, 1.807) is 43.4 Å². The lowest BCUT2D eigenvalue weighted by Crippen LogP contribution is -2.31. The minimum atomic E-state index is -4.64. The second-order valence-electron chi connectivity index (χ2n) is 6.16. The zero-order valence-corrected chi connectivity index (χ0v) is 17.2. The quantitative estimate of drug-likeness (QED) is 0.480. The number of rotatable bonds is 9. The lowest BCUT2D eigenvalue weighted by molar-refractivity contribution is -0.137. The molecule has 0 heterocycles. The second-order valence-corrected chi connectivity index (χ2v) is 8.03. The summed E-state index contributed by atoms with van der Waals surface area (Å²) in [6.07, 6.45) is 0.296. The number of halogens is 3. The summed E-state index contributed by atoms with van der Waals surface area (Å²) in [6, 6.07) is 10.0. The molecule has 30 heavy (non-hydrogen) atoms. The van der Waals surface area contributed by atoms with Crippen LogP contribution in [0.4, 0.5) is 18.9 Å². The molecule has 0 spiro atoms. The standard InChI is InChI=1S/C22H22F3NO3S/c1-4-9-17(5-2)16-29-20-12-8-11-19(15-20)26(6-3)30(27,28)21-13-7-10-18(14-21)22(23,24)25/h4-5,7-15H,1-2,6,16H2,3H3. The number of sulfonamides is 1. The molecule has 0 aliphatic carbocycles. The summed E-state index contributed by atoms with van der Waals surface area (Å²) in [7, 11) is -4.21. The maximum atomic E-state index is 13.0. The van der Waals surface area contributed by atoms with Crippen molar-refractivity contribution in [3.63, 3.8) is 0 Å². The summed E-state index contributed by atoms with van der Waals surface area (Å²) in [5.41, 5.74) is 0.0299. The molecule has 2 aromatic carbocycles. The van der Waals surface area contributed by atoms with Crippen LogP contribution in [0, 0.1) is 0 Å². The molecule has 2 rings (SSSR count). The van der Waals surface area contributed by atoms with Gasteiger partial charge >= 0.3 is 6.18 Å². The Balaban J connectivity index is 2.36. The van der Waals surface area contributed by atoms with E-state index in [1.165, 1.54) is 6.07 Å². The number of alkyl halides is 3. The van der Waals surface area contributed by atoms with Gasteiger partial charge in [0.05, 0.1) is 16.1 Å². The zero-order valence-electron chi connectivity index (χ0n) is 16.4. The van der Waals surface area contributed by atoms with Crippen LogP contribution in [0.5, 0.6) is 5.75 Å². The van der Waals surface area contributed by atoms with Crippen LogP contribution in [0.15, 0.2) is 90.4 Å². The number of allylic oxidation sites excluding steroid dienone is 2. The largest absolute Gasteiger partial charge is 0.489 e. The van der Waals surface area contributed by atoms with Crippen LogP contribution < -0.4 is 9.04 Å². The minimum absolute atomic E-state index is 0.0241. The first kappa shape index (κ1) is 23.3. The Morgan fingerprint density at radius 2 is 1.83 bits per heavy atom. The van der Waals surface area contributed by atoms with Gasteiger partial charge in [0.15, 0.2) is 0 Å². The van der Waals surface area contributed by atoms with E-state index in [4.69, 9.17) is 4.74 Å². The molecule has 0 atom stereocenters. The maximum Gasteiger partial charge on any atom is 0.416 e. The van der Waals surface area contributed by atoms with Gasteiger partial charge < -0.3 is 4.74 Å². The third-order valence-corrected chi connectivity index (χ3v) is 6.04. The van der Waals surface area contributed by atoms with Crippen molar-refractivity contribution in [3.8, 4) is 5.75 Å². The van der Waals surface area contributed by atoms with Crippen LogP contribution in [0.3, 0.4) is 0 Å². The van der Waals surface area contributed by atoms with Crippen molar-refractivity contribution in [1.82, 2.24) is 0 Å². The Labute approximate surface area is 174 Å². The molecule has 0 fully saturated rings. The molecule has 0 aliphatic rings. The van der Waals surface area contributed by atoms with Gasteiger partial charge in [0.1, 0.15) is 12.4 Å². The first-order chi connectivity index (χ1) is 14.1. The highest BCUT2D eigenvalue weighted by atomic mass is 32.2. The average molecular weight is 437 g/mol. The highest BCUT2D eigenvalue weighted by Gasteiger charge is 2.33. The molecule has 4 nitrogen and oxygen atoms in total. The van der Waals surface area contributed by atoms with Gasteiger partial charge in [-0.2, -0.15) is 13.2 Å². The summed E-state index contributed by atoms with van der Waals surface area (Å²) in [6.45, 7) is 9.11. The molecule has 8 heteroatoms. The number of benzene rings is 2. The summed E-state index contributed by atoms with van der Waals surface area (Å²) in [5.74, 6) is 0.405. The molecule has 0 radical (unpaired) electrons. The monoisotopic (exact) mass is 437 g/mol. The fourth-order valence-electron chi connectivity index (χ4n) is 2.67. The summed E-state index contributed by atoms with van der Waals surface area (Å²) in [4.78, 5) is -0.437. The van der Waals surface area contributed by atoms with Crippen molar-refractivity contribution in [3.05, 3.63) is 91.1 Å². The molecule has 0 aromatic heterocycles. The molecule has 0 saturated heterocycles. The van der Waals surface area contributed by atoms with E-state index in [1.807, 2.05) is 0 Å². The first-order valence-electron chi connectivity index (χ1n) is 9.00. The summed E-state index contributed by atoms with van der Waals surface area (Å²) >= 11 is 0. The van der Waals surface area contributed by atoms with Crippen LogP contribution in [0.25, 0.3) is 0 Å².